The molecule has 4 rings (SSSR count). The van der Waals surface area contributed by atoms with Crippen LogP contribution in [0.4, 0.5) is 0 Å². The van der Waals surface area contributed by atoms with E-state index in [0.29, 0.717) is 32.4 Å². The van der Waals surface area contributed by atoms with E-state index in [0.717, 1.165) is 29.5 Å². The number of rotatable bonds is 5. The Hall–Kier alpha value is -3.15. The molecular weight excluding hydrogens is 414 g/mol. The highest BCUT2D eigenvalue weighted by Gasteiger charge is 2.45. The number of carbonyl (C=O) groups is 3. The van der Waals surface area contributed by atoms with Crippen molar-refractivity contribution in [3.8, 4) is 11.1 Å². The van der Waals surface area contributed by atoms with Crippen LogP contribution in [-0.4, -0.2) is 60.7 Å². The van der Waals surface area contributed by atoms with E-state index in [1.807, 2.05) is 6.07 Å². The van der Waals surface area contributed by atoms with E-state index in [1.54, 1.807) is 23.9 Å². The lowest BCUT2D eigenvalue weighted by Crippen LogP contribution is -2.56. The third-order valence-corrected chi connectivity index (χ3v) is 6.86. The number of carbonyl (C=O) groups excluding carboxylic acids is 3. The molecule has 0 radical (unpaired) electrons. The van der Waals surface area contributed by atoms with Gasteiger partial charge in [-0.2, -0.15) is 0 Å². The van der Waals surface area contributed by atoms with Gasteiger partial charge in [-0.3, -0.25) is 14.4 Å². The lowest BCUT2D eigenvalue weighted by molar-refractivity contribution is -0.148. The Bertz CT molecular complexity index is 1060. The van der Waals surface area contributed by atoms with Gasteiger partial charge in [0.25, 0.3) is 0 Å². The molecule has 0 bridgehead atoms. The fourth-order valence-corrected chi connectivity index (χ4v) is 5.28. The van der Waals surface area contributed by atoms with Gasteiger partial charge in [0.2, 0.25) is 17.7 Å². The van der Waals surface area contributed by atoms with E-state index in [1.165, 1.54) is 5.56 Å². The van der Waals surface area contributed by atoms with Crippen molar-refractivity contribution >= 4 is 17.7 Å². The summed E-state index contributed by atoms with van der Waals surface area (Å²) < 4.78 is 0. The zero-order chi connectivity index (χ0) is 23.6. The zero-order valence-electron chi connectivity index (χ0n) is 19.8. The molecule has 2 aliphatic heterocycles. The van der Waals surface area contributed by atoms with E-state index in [2.05, 4.69) is 54.7 Å². The molecule has 2 saturated heterocycles. The average Bonchev–Trinajstić information content (AvgIpc) is 3.24. The minimum absolute atomic E-state index is 0.0522. The van der Waals surface area contributed by atoms with Crippen LogP contribution in [-0.2, 0) is 20.8 Å². The highest BCUT2D eigenvalue weighted by Crippen LogP contribution is 2.37. The van der Waals surface area contributed by atoms with Gasteiger partial charge in [0, 0.05) is 33.6 Å². The van der Waals surface area contributed by atoms with E-state index in [9.17, 15) is 14.4 Å². The Balaban J connectivity index is 1.61. The van der Waals surface area contributed by atoms with Gasteiger partial charge in [-0.25, -0.2) is 0 Å². The average molecular weight is 448 g/mol. The second-order valence-electron chi connectivity index (χ2n) is 9.75. The third kappa shape index (κ3) is 4.95. The number of aryl methyl sites for hydroxylation is 1. The molecule has 2 aromatic carbocycles. The fraction of sp³-hybridized carbons (Fsp3) is 0.444. The van der Waals surface area contributed by atoms with Gasteiger partial charge < -0.3 is 15.1 Å². The summed E-state index contributed by atoms with van der Waals surface area (Å²) in [7, 11) is 3.57. The van der Waals surface area contributed by atoms with Crippen LogP contribution in [0.15, 0.2) is 48.5 Å². The molecule has 2 aromatic rings. The monoisotopic (exact) mass is 447 g/mol. The van der Waals surface area contributed by atoms with E-state index < -0.39 is 11.5 Å². The summed E-state index contributed by atoms with van der Waals surface area (Å²) in [4.78, 5) is 41.7. The van der Waals surface area contributed by atoms with Crippen LogP contribution in [0.1, 0.15) is 36.8 Å². The number of nitrogens with zero attached hydrogens (tertiary/aromatic N) is 2. The minimum Gasteiger partial charge on any atom is -0.348 e. The smallest absolute Gasteiger partial charge is 0.245 e. The fourth-order valence-electron chi connectivity index (χ4n) is 5.28. The van der Waals surface area contributed by atoms with Gasteiger partial charge in [0.05, 0.1) is 5.41 Å². The van der Waals surface area contributed by atoms with Gasteiger partial charge in [-0.15, -0.1) is 0 Å². The van der Waals surface area contributed by atoms with E-state index >= 15 is 0 Å². The molecule has 2 aliphatic rings. The van der Waals surface area contributed by atoms with Crippen molar-refractivity contribution in [2.75, 3.05) is 27.2 Å². The van der Waals surface area contributed by atoms with Gasteiger partial charge in [-0.1, -0.05) is 54.1 Å². The van der Waals surface area contributed by atoms with Crippen molar-refractivity contribution in [2.24, 2.45) is 5.41 Å². The number of hydrogen-bond acceptors (Lipinski definition) is 3. The number of amides is 3. The molecule has 1 N–H and O–H groups in total. The highest BCUT2D eigenvalue weighted by atomic mass is 16.2. The number of hydrogen-bond donors (Lipinski definition) is 1. The summed E-state index contributed by atoms with van der Waals surface area (Å²) in [5.41, 5.74) is 3.90. The normalized spacial score (nSPS) is 22.7. The summed E-state index contributed by atoms with van der Waals surface area (Å²) >= 11 is 0. The van der Waals surface area contributed by atoms with Crippen LogP contribution in [0.25, 0.3) is 11.1 Å². The van der Waals surface area contributed by atoms with Crippen LogP contribution < -0.4 is 5.32 Å². The minimum atomic E-state index is -0.675. The summed E-state index contributed by atoms with van der Waals surface area (Å²) in [6, 6.07) is 16.3. The van der Waals surface area contributed by atoms with Crippen LogP contribution >= 0.6 is 0 Å². The Morgan fingerprint density at radius 1 is 1.12 bits per heavy atom. The molecule has 0 aromatic heterocycles. The van der Waals surface area contributed by atoms with Gasteiger partial charge in [-0.05, 0) is 49.3 Å². The lowest BCUT2D eigenvalue weighted by Gasteiger charge is -2.43. The molecule has 2 fully saturated rings. The van der Waals surface area contributed by atoms with Crippen LogP contribution in [0.2, 0.25) is 0 Å². The third-order valence-electron chi connectivity index (χ3n) is 6.86. The molecule has 0 spiro atoms. The zero-order valence-corrected chi connectivity index (χ0v) is 19.8. The van der Waals surface area contributed by atoms with Crippen molar-refractivity contribution in [2.45, 2.75) is 45.1 Å². The molecule has 6 nitrogen and oxygen atoms in total. The van der Waals surface area contributed by atoms with Crippen molar-refractivity contribution in [1.29, 1.82) is 0 Å². The van der Waals surface area contributed by atoms with E-state index in [-0.39, 0.29) is 17.7 Å². The first-order valence-corrected chi connectivity index (χ1v) is 11.7. The highest BCUT2D eigenvalue weighted by molar-refractivity contribution is 5.91. The van der Waals surface area contributed by atoms with Crippen molar-refractivity contribution in [3.63, 3.8) is 0 Å². The topological polar surface area (TPSA) is 69.7 Å². The number of likely N-dealkylation sites (tertiary alicyclic amines) is 1. The van der Waals surface area contributed by atoms with Gasteiger partial charge in [0.15, 0.2) is 0 Å². The SMILES string of the molecule is Cc1cccc(-c2cccc(CC3(C(=O)N(C)C)CCCN(C(=O)[C@@H]4CCC(=O)N4)C3)c2)c1. The molecule has 2 atom stereocenters. The standard InChI is InChI=1S/C27H33N3O3/c1-19-7-4-9-21(15-19)22-10-5-8-20(16-22)17-27(26(33)29(2)3)13-6-14-30(18-27)25(32)23-11-12-24(31)28-23/h4-5,7-10,15-16,23H,6,11-14,17-18H2,1-3H3,(H,28,31)/t23-,27?/m0/s1. The second kappa shape index (κ2) is 9.38. The quantitative estimate of drug-likeness (QED) is 0.765. The van der Waals surface area contributed by atoms with Gasteiger partial charge in [0.1, 0.15) is 6.04 Å². The first-order valence-electron chi connectivity index (χ1n) is 11.7. The molecule has 6 heteroatoms. The molecule has 0 saturated carbocycles. The van der Waals surface area contributed by atoms with Crippen molar-refractivity contribution in [1.82, 2.24) is 15.1 Å². The first kappa shape index (κ1) is 23.0. The predicted octanol–water partition coefficient (Wildman–Crippen LogP) is 3.18. The van der Waals surface area contributed by atoms with Crippen molar-refractivity contribution in [3.05, 3.63) is 59.7 Å². The first-order chi connectivity index (χ1) is 15.8. The molecule has 33 heavy (non-hydrogen) atoms. The van der Waals surface area contributed by atoms with Crippen LogP contribution in [0.5, 0.6) is 0 Å². The summed E-state index contributed by atoms with van der Waals surface area (Å²) in [6.45, 7) is 3.08. The van der Waals surface area contributed by atoms with Crippen LogP contribution in [0, 0.1) is 12.3 Å². The molecule has 174 valence electrons. The molecule has 0 aliphatic carbocycles. The van der Waals surface area contributed by atoms with Gasteiger partial charge >= 0.3 is 0 Å². The largest absolute Gasteiger partial charge is 0.348 e. The maximum absolute atomic E-state index is 13.5. The number of nitrogens with one attached hydrogen (secondary N) is 1. The predicted molar refractivity (Wildman–Crippen MR) is 128 cm³/mol. The Labute approximate surface area is 196 Å². The molecule has 2 heterocycles. The second-order valence-corrected chi connectivity index (χ2v) is 9.75. The molecule has 1 unspecified atom stereocenters. The van der Waals surface area contributed by atoms with Crippen molar-refractivity contribution < 1.29 is 14.4 Å². The Kier molecular flexibility index (Phi) is 6.54. The summed E-state index contributed by atoms with van der Waals surface area (Å²) in [6.07, 6.45) is 2.99. The van der Waals surface area contributed by atoms with E-state index in [4.69, 9.17) is 0 Å². The number of benzene rings is 2. The lowest BCUT2D eigenvalue weighted by atomic mass is 9.73. The maximum atomic E-state index is 13.5. The Morgan fingerprint density at radius 3 is 2.52 bits per heavy atom. The summed E-state index contributed by atoms with van der Waals surface area (Å²) in [5.74, 6) is -0.0876. The number of piperidine rings is 1. The molecular formula is C27H33N3O3. The maximum Gasteiger partial charge on any atom is 0.245 e. The van der Waals surface area contributed by atoms with Crippen LogP contribution in [0.3, 0.4) is 0 Å². The summed E-state index contributed by atoms with van der Waals surface area (Å²) in [5, 5.41) is 2.78. The molecule has 3 amide bonds. The Morgan fingerprint density at radius 2 is 1.85 bits per heavy atom.